The van der Waals surface area contributed by atoms with Gasteiger partial charge in [-0.2, -0.15) is 5.26 Å². The lowest BCUT2D eigenvalue weighted by Crippen LogP contribution is -2.62. The Labute approximate surface area is 116 Å². The molecule has 1 heterocycles. The van der Waals surface area contributed by atoms with Crippen LogP contribution in [0.4, 0.5) is 5.69 Å². The van der Waals surface area contributed by atoms with Gasteiger partial charge in [0.2, 0.25) is 0 Å². The van der Waals surface area contributed by atoms with E-state index in [4.69, 9.17) is 26.7 Å². The minimum Gasteiger partial charge on any atom is -0.480 e. The number of halogens is 1. The Morgan fingerprint density at radius 2 is 2.32 bits per heavy atom. The molecule has 2 rings (SSSR count). The highest BCUT2D eigenvalue weighted by atomic mass is 35.5. The molecular weight excluding hydrogens is 268 g/mol. The van der Waals surface area contributed by atoms with Gasteiger partial charge in [0.1, 0.15) is 18.3 Å². The monoisotopic (exact) mass is 280 g/mol. The van der Waals surface area contributed by atoms with Crippen LogP contribution >= 0.6 is 11.6 Å². The molecule has 5 nitrogen and oxygen atoms in total. The molecule has 1 aromatic carbocycles. The van der Waals surface area contributed by atoms with Crippen LogP contribution in [-0.4, -0.2) is 36.4 Å². The van der Waals surface area contributed by atoms with Crippen molar-refractivity contribution in [1.82, 2.24) is 0 Å². The third-order valence-corrected chi connectivity index (χ3v) is 3.35. The minimum absolute atomic E-state index is 0.293. The van der Waals surface area contributed by atoms with Crippen LogP contribution in [0.25, 0.3) is 0 Å². The van der Waals surface area contributed by atoms with Gasteiger partial charge in [-0.25, -0.2) is 4.79 Å². The van der Waals surface area contributed by atoms with Crippen molar-refractivity contribution in [2.45, 2.75) is 12.5 Å². The first-order valence-electron chi connectivity index (χ1n) is 5.74. The number of hydrogen-bond acceptors (Lipinski definition) is 4. The van der Waals surface area contributed by atoms with Gasteiger partial charge in [-0.1, -0.05) is 11.6 Å². The summed E-state index contributed by atoms with van der Waals surface area (Å²) in [6.07, 6.45) is 0. The molecule has 1 fully saturated rings. The van der Waals surface area contributed by atoms with Crippen molar-refractivity contribution in [3.8, 4) is 6.07 Å². The summed E-state index contributed by atoms with van der Waals surface area (Å²) >= 11 is 5.97. The summed E-state index contributed by atoms with van der Waals surface area (Å²) in [5, 5.41) is 17.8. The molecule has 0 bridgehead atoms. The molecule has 0 saturated carbocycles. The fourth-order valence-electron chi connectivity index (χ4n) is 2.06. The Bertz CT molecular complexity index is 547. The molecule has 0 unspecified atom stereocenters. The van der Waals surface area contributed by atoms with Crippen molar-refractivity contribution in [3.05, 3.63) is 28.8 Å². The second-order valence-electron chi connectivity index (χ2n) is 4.76. The number of nitrogens with zero attached hydrogens (tertiary/aromatic N) is 2. The molecule has 0 spiro atoms. The fourth-order valence-corrected chi connectivity index (χ4v) is 2.28. The van der Waals surface area contributed by atoms with Crippen molar-refractivity contribution in [1.29, 1.82) is 5.26 Å². The molecular formula is C13H13ClN2O3. The average molecular weight is 281 g/mol. The van der Waals surface area contributed by atoms with Crippen LogP contribution in [-0.2, 0) is 9.53 Å². The number of nitriles is 1. The first-order valence-corrected chi connectivity index (χ1v) is 6.12. The third kappa shape index (κ3) is 2.98. The van der Waals surface area contributed by atoms with Crippen LogP contribution in [0.3, 0.4) is 0 Å². The number of carbonyl (C=O) groups is 1. The van der Waals surface area contributed by atoms with Gasteiger partial charge in [0.15, 0.2) is 0 Å². The molecule has 0 aliphatic carbocycles. The van der Waals surface area contributed by atoms with Crippen LogP contribution < -0.4 is 4.90 Å². The predicted molar refractivity (Wildman–Crippen MR) is 70.4 cm³/mol. The number of hydrogen-bond donors (Lipinski definition) is 1. The molecule has 1 aliphatic heterocycles. The summed E-state index contributed by atoms with van der Waals surface area (Å²) in [5.41, 5.74) is 0.898. The maximum Gasteiger partial charge on any atom is 0.329 e. The van der Waals surface area contributed by atoms with Crippen molar-refractivity contribution in [3.63, 3.8) is 0 Å². The van der Waals surface area contributed by atoms with E-state index in [9.17, 15) is 4.79 Å². The highest BCUT2D eigenvalue weighted by molar-refractivity contribution is 6.32. The molecule has 1 N–H and O–H groups in total. The van der Waals surface area contributed by atoms with E-state index in [0.29, 0.717) is 23.7 Å². The molecule has 0 amide bonds. The SMILES string of the molecule is CC1(OCC(=O)O)CN(c2ccc(C#N)c(Cl)c2)C1. The third-order valence-electron chi connectivity index (χ3n) is 3.03. The lowest BCUT2D eigenvalue weighted by atomic mass is 9.95. The Morgan fingerprint density at radius 3 is 2.84 bits per heavy atom. The Morgan fingerprint density at radius 1 is 1.63 bits per heavy atom. The molecule has 0 aromatic heterocycles. The summed E-state index contributed by atoms with van der Waals surface area (Å²) in [4.78, 5) is 12.5. The maximum absolute atomic E-state index is 10.5. The molecule has 0 atom stereocenters. The van der Waals surface area contributed by atoms with E-state index >= 15 is 0 Å². The first-order chi connectivity index (χ1) is 8.93. The molecule has 1 aromatic rings. The Kier molecular flexibility index (Phi) is 3.65. The lowest BCUT2D eigenvalue weighted by molar-refractivity contribution is -0.150. The number of anilines is 1. The number of ether oxygens (including phenoxy) is 1. The maximum atomic E-state index is 10.5. The van der Waals surface area contributed by atoms with Gasteiger partial charge in [0.05, 0.1) is 10.6 Å². The van der Waals surface area contributed by atoms with Gasteiger partial charge >= 0.3 is 5.97 Å². The van der Waals surface area contributed by atoms with E-state index in [1.54, 1.807) is 12.1 Å². The van der Waals surface area contributed by atoms with Gasteiger partial charge in [-0.15, -0.1) is 0 Å². The second-order valence-corrected chi connectivity index (χ2v) is 5.17. The number of carboxylic acids is 1. The molecule has 100 valence electrons. The van der Waals surface area contributed by atoms with Crippen LogP contribution in [0.2, 0.25) is 5.02 Å². The Hall–Kier alpha value is -1.77. The highest BCUT2D eigenvalue weighted by Crippen LogP contribution is 2.32. The van der Waals surface area contributed by atoms with Crippen molar-refractivity contribution in [2.24, 2.45) is 0 Å². The summed E-state index contributed by atoms with van der Waals surface area (Å²) < 4.78 is 5.33. The quantitative estimate of drug-likeness (QED) is 0.912. The summed E-state index contributed by atoms with van der Waals surface area (Å²) in [5.74, 6) is -0.971. The van der Waals surface area contributed by atoms with E-state index in [1.165, 1.54) is 0 Å². The van der Waals surface area contributed by atoms with Gasteiger partial charge in [-0.05, 0) is 25.1 Å². The average Bonchev–Trinajstić information content (AvgIpc) is 2.33. The lowest BCUT2D eigenvalue weighted by Gasteiger charge is -2.48. The van der Waals surface area contributed by atoms with Gasteiger partial charge in [0.25, 0.3) is 0 Å². The van der Waals surface area contributed by atoms with Crippen LogP contribution in [0, 0.1) is 11.3 Å². The first kappa shape index (κ1) is 13.7. The largest absolute Gasteiger partial charge is 0.480 e. The zero-order valence-electron chi connectivity index (χ0n) is 10.4. The van der Waals surface area contributed by atoms with Crippen LogP contribution in [0.1, 0.15) is 12.5 Å². The highest BCUT2D eigenvalue weighted by Gasteiger charge is 2.40. The van der Waals surface area contributed by atoms with Gasteiger partial charge in [-0.3, -0.25) is 0 Å². The number of aliphatic carboxylic acids is 1. The van der Waals surface area contributed by atoms with Crippen LogP contribution in [0.15, 0.2) is 18.2 Å². The van der Waals surface area contributed by atoms with Crippen LogP contribution in [0.5, 0.6) is 0 Å². The predicted octanol–water partition coefficient (Wildman–Crippen LogP) is 1.89. The van der Waals surface area contributed by atoms with Crippen molar-refractivity contribution in [2.75, 3.05) is 24.6 Å². The summed E-state index contributed by atoms with van der Waals surface area (Å²) in [7, 11) is 0. The summed E-state index contributed by atoms with van der Waals surface area (Å²) in [6, 6.07) is 7.23. The van der Waals surface area contributed by atoms with E-state index in [-0.39, 0.29) is 6.61 Å². The van der Waals surface area contributed by atoms with Crippen molar-refractivity contribution < 1.29 is 14.6 Å². The van der Waals surface area contributed by atoms with Crippen molar-refractivity contribution >= 4 is 23.3 Å². The van der Waals surface area contributed by atoms with Gasteiger partial charge < -0.3 is 14.7 Å². The number of benzene rings is 1. The molecule has 1 saturated heterocycles. The number of carboxylic acid groups (broad SMARTS) is 1. The topological polar surface area (TPSA) is 73.6 Å². The number of rotatable bonds is 4. The van der Waals surface area contributed by atoms with E-state index in [2.05, 4.69) is 0 Å². The van der Waals surface area contributed by atoms with E-state index < -0.39 is 11.6 Å². The second kappa shape index (κ2) is 5.08. The van der Waals surface area contributed by atoms with E-state index in [1.807, 2.05) is 24.0 Å². The minimum atomic E-state index is -0.971. The molecule has 6 heteroatoms. The van der Waals surface area contributed by atoms with Gasteiger partial charge in [0, 0.05) is 18.8 Å². The Balaban J connectivity index is 1.98. The molecule has 0 radical (unpaired) electrons. The fraction of sp³-hybridized carbons (Fsp3) is 0.385. The molecule has 1 aliphatic rings. The van der Waals surface area contributed by atoms with E-state index in [0.717, 1.165) is 5.69 Å². The summed E-state index contributed by atoms with van der Waals surface area (Å²) in [6.45, 7) is 2.78. The normalized spacial score (nSPS) is 16.6. The zero-order valence-corrected chi connectivity index (χ0v) is 11.1. The molecule has 19 heavy (non-hydrogen) atoms. The smallest absolute Gasteiger partial charge is 0.329 e. The standard InChI is InChI=1S/C13H13ClN2O3/c1-13(19-6-12(17)18)7-16(8-13)10-3-2-9(5-15)11(14)4-10/h2-4H,6-8H2,1H3,(H,17,18). The zero-order chi connectivity index (χ0) is 14.0.